The maximum Gasteiger partial charge on any atom is 0.247 e. The third kappa shape index (κ3) is 2.76. The highest BCUT2D eigenvalue weighted by Gasteiger charge is 2.38. The minimum atomic E-state index is -0.576. The van der Waals surface area contributed by atoms with Crippen molar-refractivity contribution in [3.63, 3.8) is 0 Å². The maximum atomic E-state index is 12.1. The molecule has 5 nitrogen and oxygen atoms in total. The summed E-state index contributed by atoms with van der Waals surface area (Å²) in [6.07, 6.45) is 0. The van der Waals surface area contributed by atoms with Crippen LogP contribution in [-0.4, -0.2) is 43.0 Å². The van der Waals surface area contributed by atoms with Crippen molar-refractivity contribution in [2.45, 2.75) is 19.0 Å². The third-order valence-electron chi connectivity index (χ3n) is 3.23. The van der Waals surface area contributed by atoms with Gasteiger partial charge in [-0.25, -0.2) is 0 Å². The van der Waals surface area contributed by atoms with Gasteiger partial charge in [0.15, 0.2) is 0 Å². The molecule has 2 atom stereocenters. The van der Waals surface area contributed by atoms with Crippen LogP contribution in [0.1, 0.15) is 18.5 Å². The molecule has 0 bridgehead atoms. The SMILES string of the molecule is COCC(C)N1C(=O)CNC(=O)C1c1ccccc1. The summed E-state index contributed by atoms with van der Waals surface area (Å²) < 4.78 is 5.10. The monoisotopic (exact) mass is 262 g/mol. The van der Waals surface area contributed by atoms with Crippen LogP contribution in [0.4, 0.5) is 0 Å². The van der Waals surface area contributed by atoms with Crippen LogP contribution in [0.15, 0.2) is 30.3 Å². The zero-order valence-corrected chi connectivity index (χ0v) is 11.1. The minimum Gasteiger partial charge on any atom is -0.383 e. The molecule has 19 heavy (non-hydrogen) atoms. The summed E-state index contributed by atoms with van der Waals surface area (Å²) in [6, 6.07) is 8.60. The number of nitrogens with zero attached hydrogens (tertiary/aromatic N) is 1. The first-order valence-corrected chi connectivity index (χ1v) is 6.28. The third-order valence-corrected chi connectivity index (χ3v) is 3.23. The summed E-state index contributed by atoms with van der Waals surface area (Å²) in [5, 5.41) is 2.64. The summed E-state index contributed by atoms with van der Waals surface area (Å²) in [6.45, 7) is 2.34. The molecule has 1 aromatic rings. The molecule has 2 rings (SSSR count). The Bertz CT molecular complexity index is 461. The Morgan fingerprint density at radius 3 is 2.68 bits per heavy atom. The zero-order valence-electron chi connectivity index (χ0n) is 11.1. The Morgan fingerprint density at radius 2 is 2.05 bits per heavy atom. The molecular weight excluding hydrogens is 244 g/mol. The van der Waals surface area contributed by atoms with Gasteiger partial charge in [0.1, 0.15) is 6.04 Å². The molecule has 2 amide bonds. The smallest absolute Gasteiger partial charge is 0.247 e. The van der Waals surface area contributed by atoms with Crippen LogP contribution >= 0.6 is 0 Å². The summed E-state index contributed by atoms with van der Waals surface area (Å²) >= 11 is 0. The van der Waals surface area contributed by atoms with Gasteiger partial charge < -0.3 is 15.0 Å². The molecule has 5 heteroatoms. The lowest BCUT2D eigenvalue weighted by Crippen LogP contribution is -2.57. The molecular formula is C14H18N2O3. The highest BCUT2D eigenvalue weighted by molar-refractivity contribution is 5.95. The molecule has 102 valence electrons. The molecule has 0 saturated carbocycles. The fourth-order valence-electron chi connectivity index (χ4n) is 2.39. The standard InChI is InChI=1S/C14H18N2O3/c1-10(9-19-2)16-12(17)8-15-14(18)13(16)11-6-4-3-5-7-11/h3-7,10,13H,8-9H2,1-2H3,(H,15,18). The maximum absolute atomic E-state index is 12.1. The minimum absolute atomic E-state index is 0.0518. The Hall–Kier alpha value is -1.88. The second-order valence-electron chi connectivity index (χ2n) is 4.64. The van der Waals surface area contributed by atoms with Crippen LogP contribution in [0.5, 0.6) is 0 Å². The van der Waals surface area contributed by atoms with Crippen LogP contribution < -0.4 is 5.32 Å². The summed E-state index contributed by atoms with van der Waals surface area (Å²) in [5.74, 6) is -0.230. The number of benzene rings is 1. The van der Waals surface area contributed by atoms with Crippen molar-refractivity contribution in [1.82, 2.24) is 10.2 Å². The molecule has 1 heterocycles. The Kier molecular flexibility index (Phi) is 4.16. The number of hydrogen-bond acceptors (Lipinski definition) is 3. The first kappa shape index (κ1) is 13.5. The van der Waals surface area contributed by atoms with Crippen molar-refractivity contribution in [2.24, 2.45) is 0 Å². The van der Waals surface area contributed by atoms with Gasteiger partial charge in [-0.05, 0) is 12.5 Å². The van der Waals surface area contributed by atoms with E-state index in [0.29, 0.717) is 6.61 Å². The fraction of sp³-hybridized carbons (Fsp3) is 0.429. The van der Waals surface area contributed by atoms with E-state index in [4.69, 9.17) is 4.74 Å². The molecule has 2 unspecified atom stereocenters. The number of carbonyl (C=O) groups excluding carboxylic acids is 2. The molecule has 0 radical (unpaired) electrons. The topological polar surface area (TPSA) is 58.6 Å². The largest absolute Gasteiger partial charge is 0.383 e. The van der Waals surface area contributed by atoms with Gasteiger partial charge in [-0.1, -0.05) is 30.3 Å². The van der Waals surface area contributed by atoms with Crippen molar-refractivity contribution >= 4 is 11.8 Å². The predicted octanol–water partition coefficient (Wildman–Crippen LogP) is 0.721. The van der Waals surface area contributed by atoms with E-state index in [2.05, 4.69) is 5.32 Å². The molecule has 1 saturated heterocycles. The van der Waals surface area contributed by atoms with Crippen molar-refractivity contribution in [2.75, 3.05) is 20.3 Å². The number of amides is 2. The molecule has 1 N–H and O–H groups in total. The van der Waals surface area contributed by atoms with Gasteiger partial charge in [-0.2, -0.15) is 0 Å². The zero-order chi connectivity index (χ0) is 13.8. The van der Waals surface area contributed by atoms with Crippen molar-refractivity contribution in [3.8, 4) is 0 Å². The lowest BCUT2D eigenvalue weighted by Gasteiger charge is -2.39. The Labute approximate surface area is 112 Å². The van der Waals surface area contributed by atoms with Crippen molar-refractivity contribution in [3.05, 3.63) is 35.9 Å². The van der Waals surface area contributed by atoms with Crippen LogP contribution in [0.3, 0.4) is 0 Å². The number of rotatable bonds is 4. The van der Waals surface area contributed by atoms with Crippen LogP contribution in [-0.2, 0) is 14.3 Å². The van der Waals surface area contributed by atoms with Crippen LogP contribution in [0.2, 0.25) is 0 Å². The highest BCUT2D eigenvalue weighted by atomic mass is 16.5. The lowest BCUT2D eigenvalue weighted by atomic mass is 10.0. The van der Waals surface area contributed by atoms with Gasteiger partial charge in [-0.3, -0.25) is 9.59 Å². The van der Waals surface area contributed by atoms with E-state index in [1.165, 1.54) is 0 Å². The number of hydrogen-bond donors (Lipinski definition) is 1. The van der Waals surface area contributed by atoms with E-state index in [1.54, 1.807) is 12.0 Å². The van der Waals surface area contributed by atoms with Crippen molar-refractivity contribution < 1.29 is 14.3 Å². The Morgan fingerprint density at radius 1 is 1.37 bits per heavy atom. The van der Waals surface area contributed by atoms with E-state index in [1.807, 2.05) is 37.3 Å². The summed E-state index contributed by atoms with van der Waals surface area (Å²) in [4.78, 5) is 25.8. The molecule has 0 aromatic heterocycles. The Balaban J connectivity index is 2.34. The molecule has 1 aliphatic heterocycles. The number of methoxy groups -OCH3 is 1. The normalized spacial score (nSPS) is 21.2. The van der Waals surface area contributed by atoms with E-state index < -0.39 is 6.04 Å². The van der Waals surface area contributed by atoms with Crippen LogP contribution in [0.25, 0.3) is 0 Å². The van der Waals surface area contributed by atoms with Crippen molar-refractivity contribution in [1.29, 1.82) is 0 Å². The summed E-state index contributed by atoms with van der Waals surface area (Å²) in [5.41, 5.74) is 0.816. The average Bonchev–Trinajstić information content (AvgIpc) is 2.42. The van der Waals surface area contributed by atoms with Gasteiger partial charge >= 0.3 is 0 Å². The first-order valence-electron chi connectivity index (χ1n) is 6.28. The molecule has 1 aliphatic rings. The van der Waals surface area contributed by atoms with Gasteiger partial charge in [0.25, 0.3) is 0 Å². The highest BCUT2D eigenvalue weighted by Crippen LogP contribution is 2.25. The second-order valence-corrected chi connectivity index (χ2v) is 4.64. The van der Waals surface area contributed by atoms with Gasteiger partial charge in [0, 0.05) is 7.11 Å². The van der Waals surface area contributed by atoms with Gasteiger partial charge in [0.05, 0.1) is 19.2 Å². The van der Waals surface area contributed by atoms with E-state index in [-0.39, 0.29) is 24.4 Å². The van der Waals surface area contributed by atoms with Gasteiger partial charge in [0.2, 0.25) is 11.8 Å². The first-order chi connectivity index (χ1) is 9.15. The number of carbonyl (C=O) groups is 2. The number of nitrogens with one attached hydrogen (secondary N) is 1. The van der Waals surface area contributed by atoms with Gasteiger partial charge in [-0.15, -0.1) is 0 Å². The molecule has 1 aromatic carbocycles. The number of ether oxygens (including phenoxy) is 1. The summed E-state index contributed by atoms with van der Waals surface area (Å²) in [7, 11) is 1.59. The van der Waals surface area contributed by atoms with E-state index >= 15 is 0 Å². The lowest BCUT2D eigenvalue weighted by molar-refractivity contribution is -0.149. The van der Waals surface area contributed by atoms with Crippen LogP contribution in [0, 0.1) is 0 Å². The van der Waals surface area contributed by atoms with E-state index in [0.717, 1.165) is 5.56 Å². The fourth-order valence-corrected chi connectivity index (χ4v) is 2.39. The quantitative estimate of drug-likeness (QED) is 0.870. The predicted molar refractivity (Wildman–Crippen MR) is 70.4 cm³/mol. The average molecular weight is 262 g/mol. The molecule has 0 spiro atoms. The molecule has 0 aliphatic carbocycles. The second kappa shape index (κ2) is 5.84. The van der Waals surface area contributed by atoms with E-state index in [9.17, 15) is 9.59 Å². The number of piperazine rings is 1. The molecule has 1 fully saturated rings.